The number of primary amides is 1. The first-order chi connectivity index (χ1) is 11.1. The molecule has 2 aromatic rings. The molecule has 1 aliphatic rings. The van der Waals surface area contributed by atoms with Crippen molar-refractivity contribution in [2.75, 3.05) is 4.90 Å². The van der Waals surface area contributed by atoms with Gasteiger partial charge < -0.3 is 5.73 Å². The Bertz CT molecular complexity index is 727. The van der Waals surface area contributed by atoms with Crippen LogP contribution in [0.5, 0.6) is 0 Å². The van der Waals surface area contributed by atoms with Crippen molar-refractivity contribution in [2.45, 2.75) is 31.7 Å². The van der Waals surface area contributed by atoms with E-state index in [0.29, 0.717) is 12.8 Å². The number of fused-ring (bicyclic) bond motifs is 1. The lowest BCUT2D eigenvalue weighted by molar-refractivity contribution is -0.125. The molecule has 2 unspecified atom stereocenters. The predicted molar refractivity (Wildman–Crippen MR) is 90.1 cm³/mol. The van der Waals surface area contributed by atoms with E-state index in [9.17, 15) is 9.59 Å². The minimum Gasteiger partial charge on any atom is -0.368 e. The molecule has 1 heterocycles. The van der Waals surface area contributed by atoms with E-state index in [-0.39, 0.29) is 11.8 Å². The van der Waals surface area contributed by atoms with Crippen LogP contribution in [0.1, 0.15) is 30.4 Å². The topological polar surface area (TPSA) is 63.4 Å². The van der Waals surface area contributed by atoms with Gasteiger partial charge >= 0.3 is 0 Å². The van der Waals surface area contributed by atoms with E-state index in [1.54, 1.807) is 4.90 Å². The Balaban J connectivity index is 2.00. The van der Waals surface area contributed by atoms with Gasteiger partial charge in [0.05, 0.1) is 5.92 Å². The number of rotatable bonds is 4. The summed E-state index contributed by atoms with van der Waals surface area (Å²) >= 11 is 0. The highest BCUT2D eigenvalue weighted by Crippen LogP contribution is 2.35. The second-order valence-electron chi connectivity index (χ2n) is 5.83. The molecule has 0 saturated carbocycles. The van der Waals surface area contributed by atoms with Gasteiger partial charge in [-0.25, -0.2) is 0 Å². The van der Waals surface area contributed by atoms with E-state index in [1.165, 1.54) is 0 Å². The van der Waals surface area contributed by atoms with Crippen LogP contribution in [0.25, 0.3) is 0 Å². The fourth-order valence-corrected chi connectivity index (χ4v) is 3.29. The van der Waals surface area contributed by atoms with Crippen molar-refractivity contribution in [1.29, 1.82) is 0 Å². The number of amides is 2. The second kappa shape index (κ2) is 6.24. The van der Waals surface area contributed by atoms with Crippen LogP contribution in [0, 0.1) is 0 Å². The van der Waals surface area contributed by atoms with Gasteiger partial charge in [0.1, 0.15) is 6.04 Å². The van der Waals surface area contributed by atoms with Gasteiger partial charge in [0.25, 0.3) is 0 Å². The number of hydrogen-bond donors (Lipinski definition) is 1. The first-order valence-corrected chi connectivity index (χ1v) is 7.88. The highest BCUT2D eigenvalue weighted by Gasteiger charge is 2.39. The van der Waals surface area contributed by atoms with Crippen molar-refractivity contribution in [1.82, 2.24) is 0 Å². The molecule has 2 aromatic carbocycles. The summed E-state index contributed by atoms with van der Waals surface area (Å²) in [5.41, 5.74) is 8.31. The van der Waals surface area contributed by atoms with E-state index >= 15 is 0 Å². The highest BCUT2D eigenvalue weighted by molar-refractivity contribution is 6.05. The largest absolute Gasteiger partial charge is 0.368 e. The van der Waals surface area contributed by atoms with Crippen molar-refractivity contribution in [3.8, 4) is 0 Å². The standard InChI is InChI=1S/C19H20N2O2/c1-2-15(13-8-4-3-5-9-13)19(23)21-16-11-7-6-10-14(16)12-17(21)18(20)22/h3-11,15,17H,2,12H2,1H3,(H2,20,22). The Morgan fingerprint density at radius 2 is 1.78 bits per heavy atom. The third-order valence-corrected chi connectivity index (χ3v) is 4.45. The van der Waals surface area contributed by atoms with Crippen LogP contribution in [0.2, 0.25) is 0 Å². The number of nitrogens with zero attached hydrogens (tertiary/aromatic N) is 1. The molecule has 3 rings (SSSR count). The first kappa shape index (κ1) is 15.3. The third-order valence-electron chi connectivity index (χ3n) is 4.45. The smallest absolute Gasteiger partial charge is 0.240 e. The van der Waals surface area contributed by atoms with E-state index in [0.717, 1.165) is 16.8 Å². The molecule has 0 aliphatic carbocycles. The van der Waals surface area contributed by atoms with Crippen LogP contribution >= 0.6 is 0 Å². The Morgan fingerprint density at radius 3 is 2.43 bits per heavy atom. The molecule has 23 heavy (non-hydrogen) atoms. The maximum atomic E-state index is 13.2. The number of carbonyl (C=O) groups is 2. The molecular formula is C19H20N2O2. The SMILES string of the molecule is CCC(C(=O)N1c2ccccc2CC1C(N)=O)c1ccccc1. The average molecular weight is 308 g/mol. The monoisotopic (exact) mass is 308 g/mol. The number of benzene rings is 2. The number of hydrogen-bond acceptors (Lipinski definition) is 2. The van der Waals surface area contributed by atoms with Crippen molar-refractivity contribution in [2.24, 2.45) is 5.73 Å². The molecule has 4 heteroatoms. The van der Waals surface area contributed by atoms with Gasteiger partial charge in [-0.3, -0.25) is 14.5 Å². The zero-order chi connectivity index (χ0) is 16.4. The van der Waals surface area contributed by atoms with Crippen molar-refractivity contribution in [3.63, 3.8) is 0 Å². The van der Waals surface area contributed by atoms with Crippen LogP contribution in [0.3, 0.4) is 0 Å². The molecule has 2 atom stereocenters. The first-order valence-electron chi connectivity index (χ1n) is 7.88. The number of para-hydroxylation sites is 1. The molecular weight excluding hydrogens is 288 g/mol. The van der Waals surface area contributed by atoms with Gasteiger partial charge in [0.15, 0.2) is 0 Å². The summed E-state index contributed by atoms with van der Waals surface area (Å²) in [6.45, 7) is 1.98. The minimum absolute atomic E-state index is 0.0625. The van der Waals surface area contributed by atoms with Crippen LogP contribution < -0.4 is 10.6 Å². The molecule has 4 nitrogen and oxygen atoms in total. The normalized spacial score (nSPS) is 17.6. The van der Waals surface area contributed by atoms with Crippen molar-refractivity contribution < 1.29 is 9.59 Å². The molecule has 0 spiro atoms. The predicted octanol–water partition coefficient (Wildman–Crippen LogP) is 2.62. The quantitative estimate of drug-likeness (QED) is 0.943. The fraction of sp³-hybridized carbons (Fsp3) is 0.263. The van der Waals surface area contributed by atoms with Gasteiger partial charge in [-0.1, -0.05) is 55.5 Å². The number of nitrogens with two attached hydrogens (primary N) is 1. The zero-order valence-electron chi connectivity index (χ0n) is 13.1. The molecule has 0 fully saturated rings. The lowest BCUT2D eigenvalue weighted by Gasteiger charge is -2.27. The molecule has 0 aromatic heterocycles. The summed E-state index contributed by atoms with van der Waals surface area (Å²) in [5.74, 6) is -0.797. The van der Waals surface area contributed by atoms with Gasteiger partial charge in [-0.2, -0.15) is 0 Å². The number of anilines is 1. The summed E-state index contributed by atoms with van der Waals surface area (Å²) in [5, 5.41) is 0. The van der Waals surface area contributed by atoms with E-state index in [1.807, 2.05) is 61.5 Å². The Morgan fingerprint density at radius 1 is 1.13 bits per heavy atom. The second-order valence-corrected chi connectivity index (χ2v) is 5.83. The van der Waals surface area contributed by atoms with Crippen LogP contribution in [-0.4, -0.2) is 17.9 Å². The fourth-order valence-electron chi connectivity index (χ4n) is 3.29. The lowest BCUT2D eigenvalue weighted by atomic mass is 9.94. The molecule has 1 aliphatic heterocycles. The summed E-state index contributed by atoms with van der Waals surface area (Å²) in [6, 6.07) is 16.7. The average Bonchev–Trinajstić information content (AvgIpc) is 2.96. The molecule has 2 N–H and O–H groups in total. The Labute approximate surface area is 135 Å². The van der Waals surface area contributed by atoms with Gasteiger partial charge in [-0.05, 0) is 23.6 Å². The minimum atomic E-state index is -0.599. The van der Waals surface area contributed by atoms with Crippen LogP contribution in [-0.2, 0) is 16.0 Å². The maximum Gasteiger partial charge on any atom is 0.240 e. The molecule has 2 amide bonds. The molecule has 0 saturated heterocycles. The number of carbonyl (C=O) groups excluding carboxylic acids is 2. The maximum absolute atomic E-state index is 13.2. The lowest BCUT2D eigenvalue weighted by Crippen LogP contribution is -2.47. The van der Waals surface area contributed by atoms with Gasteiger partial charge in [0, 0.05) is 12.1 Å². The highest BCUT2D eigenvalue weighted by atomic mass is 16.2. The summed E-state index contributed by atoms with van der Waals surface area (Å²) in [4.78, 5) is 26.6. The van der Waals surface area contributed by atoms with Crippen LogP contribution in [0.4, 0.5) is 5.69 Å². The van der Waals surface area contributed by atoms with Gasteiger partial charge in [-0.15, -0.1) is 0 Å². The van der Waals surface area contributed by atoms with Crippen LogP contribution in [0.15, 0.2) is 54.6 Å². The van der Waals surface area contributed by atoms with Crippen molar-refractivity contribution >= 4 is 17.5 Å². The Hall–Kier alpha value is -2.62. The summed E-state index contributed by atoms with van der Waals surface area (Å²) in [7, 11) is 0. The van der Waals surface area contributed by atoms with E-state index in [4.69, 9.17) is 5.73 Å². The van der Waals surface area contributed by atoms with E-state index < -0.39 is 11.9 Å². The van der Waals surface area contributed by atoms with Gasteiger partial charge in [0.2, 0.25) is 11.8 Å². The molecule has 0 radical (unpaired) electrons. The summed E-state index contributed by atoms with van der Waals surface area (Å²) in [6.07, 6.45) is 1.16. The molecule has 118 valence electrons. The summed E-state index contributed by atoms with van der Waals surface area (Å²) < 4.78 is 0. The third kappa shape index (κ3) is 2.72. The van der Waals surface area contributed by atoms with E-state index in [2.05, 4.69) is 0 Å². The van der Waals surface area contributed by atoms with Crippen molar-refractivity contribution in [3.05, 3.63) is 65.7 Å². The molecule has 0 bridgehead atoms. The Kier molecular flexibility index (Phi) is 4.15. The zero-order valence-corrected chi connectivity index (χ0v) is 13.1.